The van der Waals surface area contributed by atoms with Crippen molar-refractivity contribution in [3.8, 4) is 5.00 Å². The summed E-state index contributed by atoms with van der Waals surface area (Å²) in [6.45, 7) is 0.702. The van der Waals surface area contributed by atoms with Gasteiger partial charge in [0, 0.05) is 23.8 Å². The van der Waals surface area contributed by atoms with Crippen molar-refractivity contribution in [3.63, 3.8) is 0 Å². The Morgan fingerprint density at radius 2 is 2.00 bits per heavy atom. The zero-order valence-electron chi connectivity index (χ0n) is 13.5. The van der Waals surface area contributed by atoms with Crippen LogP contribution in [0.25, 0.3) is 5.00 Å². The first-order valence-electron chi connectivity index (χ1n) is 8.60. The van der Waals surface area contributed by atoms with Gasteiger partial charge in [0.05, 0.1) is 5.56 Å². The van der Waals surface area contributed by atoms with Crippen LogP contribution in [-0.4, -0.2) is 29.0 Å². The van der Waals surface area contributed by atoms with Gasteiger partial charge in [-0.2, -0.15) is 0 Å². The normalized spacial score (nSPS) is 20.3. The molecular weight excluding hydrogens is 322 g/mol. The predicted molar refractivity (Wildman–Crippen MR) is 93.8 cm³/mol. The highest BCUT2D eigenvalue weighted by atomic mass is 32.1. The maximum absolute atomic E-state index is 13.0. The first-order valence-corrected chi connectivity index (χ1v) is 9.42. The van der Waals surface area contributed by atoms with Crippen LogP contribution in [0.4, 0.5) is 0 Å². The van der Waals surface area contributed by atoms with E-state index in [0.29, 0.717) is 13.0 Å². The van der Waals surface area contributed by atoms with Gasteiger partial charge in [-0.15, -0.1) is 11.3 Å². The molecule has 0 bridgehead atoms. The van der Waals surface area contributed by atoms with Crippen LogP contribution in [0.1, 0.15) is 46.5 Å². The van der Waals surface area contributed by atoms with Crippen LogP contribution in [0, 0.1) is 0 Å². The van der Waals surface area contributed by atoms with Crippen molar-refractivity contribution in [3.05, 3.63) is 40.5 Å². The van der Waals surface area contributed by atoms with E-state index in [1.165, 1.54) is 16.9 Å². The van der Waals surface area contributed by atoms with Crippen LogP contribution >= 0.6 is 11.3 Å². The minimum atomic E-state index is -0.414. The third-order valence-electron chi connectivity index (χ3n) is 4.81. The molecule has 1 atom stereocenters. The summed E-state index contributed by atoms with van der Waals surface area (Å²) in [4.78, 5) is 26.3. The SMILES string of the molecule is O=C(N[C@H]1CCCNC1=O)c1c(-n2cccc2)sc2c1CCCC2. The maximum atomic E-state index is 13.0. The fourth-order valence-corrected chi connectivity index (χ4v) is 4.93. The van der Waals surface area contributed by atoms with Crippen LogP contribution in [0.5, 0.6) is 0 Å². The zero-order valence-corrected chi connectivity index (χ0v) is 14.3. The molecule has 3 heterocycles. The van der Waals surface area contributed by atoms with Gasteiger partial charge >= 0.3 is 0 Å². The van der Waals surface area contributed by atoms with Gasteiger partial charge in [0.2, 0.25) is 5.91 Å². The number of amides is 2. The molecule has 1 fully saturated rings. The molecule has 0 aromatic carbocycles. The molecule has 0 radical (unpaired) electrons. The van der Waals surface area contributed by atoms with Crippen molar-refractivity contribution in [1.82, 2.24) is 15.2 Å². The van der Waals surface area contributed by atoms with Gasteiger partial charge in [0.1, 0.15) is 11.0 Å². The van der Waals surface area contributed by atoms with Crippen molar-refractivity contribution >= 4 is 23.2 Å². The Balaban J connectivity index is 1.69. The van der Waals surface area contributed by atoms with E-state index in [1.807, 2.05) is 29.1 Å². The molecule has 2 N–H and O–H groups in total. The molecule has 4 rings (SSSR count). The largest absolute Gasteiger partial charge is 0.354 e. The second kappa shape index (κ2) is 6.43. The fraction of sp³-hybridized carbons (Fsp3) is 0.444. The number of hydrogen-bond acceptors (Lipinski definition) is 3. The number of nitrogens with zero attached hydrogens (tertiary/aromatic N) is 1. The van der Waals surface area contributed by atoms with Crippen molar-refractivity contribution in [2.24, 2.45) is 0 Å². The minimum Gasteiger partial charge on any atom is -0.354 e. The summed E-state index contributed by atoms with van der Waals surface area (Å²) < 4.78 is 2.01. The third kappa shape index (κ3) is 2.75. The molecule has 2 aromatic rings. The summed E-state index contributed by atoms with van der Waals surface area (Å²) in [7, 11) is 0. The number of piperidine rings is 1. The molecule has 2 aromatic heterocycles. The molecule has 1 aliphatic heterocycles. The lowest BCUT2D eigenvalue weighted by Gasteiger charge is -2.23. The summed E-state index contributed by atoms with van der Waals surface area (Å²) in [6.07, 6.45) is 9.87. The smallest absolute Gasteiger partial charge is 0.255 e. The molecule has 1 aliphatic carbocycles. The van der Waals surface area contributed by atoms with Gasteiger partial charge in [-0.05, 0) is 56.2 Å². The lowest BCUT2D eigenvalue weighted by atomic mass is 9.95. The highest BCUT2D eigenvalue weighted by molar-refractivity contribution is 7.15. The van der Waals surface area contributed by atoms with Crippen molar-refractivity contribution in [2.75, 3.05) is 6.54 Å². The lowest BCUT2D eigenvalue weighted by Crippen LogP contribution is -2.50. The Bertz CT molecular complexity index is 764. The number of carbonyl (C=O) groups excluding carboxylic acids is 2. The number of aromatic nitrogens is 1. The molecule has 2 amide bonds. The summed E-state index contributed by atoms with van der Waals surface area (Å²) in [5.74, 6) is -0.179. The topological polar surface area (TPSA) is 63.1 Å². The number of thiophene rings is 1. The van der Waals surface area contributed by atoms with Crippen molar-refractivity contribution < 1.29 is 9.59 Å². The van der Waals surface area contributed by atoms with Crippen LogP contribution in [0.15, 0.2) is 24.5 Å². The summed E-state index contributed by atoms with van der Waals surface area (Å²) in [6, 6.07) is 3.52. The highest BCUT2D eigenvalue weighted by Gasteiger charge is 2.30. The molecule has 126 valence electrons. The van der Waals surface area contributed by atoms with E-state index in [1.54, 1.807) is 11.3 Å². The molecule has 0 unspecified atom stereocenters. The molecule has 2 aliphatic rings. The number of fused-ring (bicyclic) bond motifs is 1. The van der Waals surface area contributed by atoms with Crippen molar-refractivity contribution in [2.45, 2.75) is 44.6 Å². The summed E-state index contributed by atoms with van der Waals surface area (Å²) >= 11 is 1.71. The molecule has 0 spiro atoms. The van der Waals surface area contributed by atoms with E-state index in [-0.39, 0.29) is 11.8 Å². The van der Waals surface area contributed by atoms with E-state index < -0.39 is 6.04 Å². The molecule has 6 heteroatoms. The Morgan fingerprint density at radius 3 is 2.79 bits per heavy atom. The number of carbonyl (C=O) groups is 2. The van der Waals surface area contributed by atoms with Gasteiger partial charge in [-0.1, -0.05) is 0 Å². The van der Waals surface area contributed by atoms with Crippen molar-refractivity contribution in [1.29, 1.82) is 0 Å². The van der Waals surface area contributed by atoms with E-state index in [9.17, 15) is 9.59 Å². The monoisotopic (exact) mass is 343 g/mol. The van der Waals surface area contributed by atoms with Gasteiger partial charge in [-0.3, -0.25) is 9.59 Å². The first kappa shape index (κ1) is 15.4. The summed E-state index contributed by atoms with van der Waals surface area (Å²) in [5, 5.41) is 6.77. The van der Waals surface area contributed by atoms with E-state index in [2.05, 4.69) is 10.6 Å². The zero-order chi connectivity index (χ0) is 16.5. The average Bonchev–Trinajstić information content (AvgIpc) is 3.23. The number of nitrogens with one attached hydrogen (secondary N) is 2. The van der Waals surface area contributed by atoms with E-state index in [4.69, 9.17) is 0 Å². The Morgan fingerprint density at radius 1 is 1.21 bits per heavy atom. The Hall–Kier alpha value is -2.08. The molecule has 1 saturated heterocycles. The second-order valence-electron chi connectivity index (χ2n) is 6.44. The van der Waals surface area contributed by atoms with E-state index >= 15 is 0 Å². The van der Waals surface area contributed by atoms with Gasteiger partial charge in [-0.25, -0.2) is 0 Å². The minimum absolute atomic E-state index is 0.0683. The average molecular weight is 343 g/mol. The number of rotatable bonds is 3. The molecule has 24 heavy (non-hydrogen) atoms. The Labute approximate surface area is 145 Å². The summed E-state index contributed by atoms with van der Waals surface area (Å²) in [5.41, 5.74) is 1.95. The number of hydrogen-bond donors (Lipinski definition) is 2. The lowest BCUT2D eigenvalue weighted by molar-refractivity contribution is -0.124. The fourth-order valence-electron chi connectivity index (χ4n) is 3.58. The molecular formula is C18H21N3O2S. The van der Waals surface area contributed by atoms with Crippen LogP contribution in [0.2, 0.25) is 0 Å². The molecule has 0 saturated carbocycles. The number of aryl methyl sites for hydroxylation is 1. The van der Waals surface area contributed by atoms with Crippen LogP contribution in [-0.2, 0) is 17.6 Å². The first-order chi connectivity index (χ1) is 11.7. The van der Waals surface area contributed by atoms with Gasteiger partial charge < -0.3 is 15.2 Å². The van der Waals surface area contributed by atoms with E-state index in [0.717, 1.165) is 36.2 Å². The van der Waals surface area contributed by atoms with Crippen LogP contribution in [0.3, 0.4) is 0 Å². The standard InChI is InChI=1S/C18H21N3O2S/c22-16-13(7-5-9-19-16)20-17(23)15-12-6-1-2-8-14(12)24-18(15)21-10-3-4-11-21/h3-4,10-11,13H,1-2,5-9H2,(H,19,22)(H,20,23)/t13-/m0/s1. The molecule has 5 nitrogen and oxygen atoms in total. The quantitative estimate of drug-likeness (QED) is 0.899. The maximum Gasteiger partial charge on any atom is 0.255 e. The highest BCUT2D eigenvalue weighted by Crippen LogP contribution is 2.37. The van der Waals surface area contributed by atoms with Gasteiger partial charge in [0.15, 0.2) is 0 Å². The van der Waals surface area contributed by atoms with Crippen LogP contribution < -0.4 is 10.6 Å². The van der Waals surface area contributed by atoms with Gasteiger partial charge in [0.25, 0.3) is 5.91 Å². The third-order valence-corrected chi connectivity index (χ3v) is 6.11. The Kier molecular flexibility index (Phi) is 4.14. The predicted octanol–water partition coefficient (Wildman–Crippen LogP) is 2.43. The second-order valence-corrected chi connectivity index (χ2v) is 7.52.